The standard InChI is InChI=1S/C13H12ClIN2O2/c1-7(2)10-11(14)16-13(19)17(12(10)18)9-5-3-4-8(15)6-9/h3-7H,1-2H3,(H,16,19). The minimum atomic E-state index is -0.526. The van der Waals surface area contributed by atoms with Crippen LogP contribution < -0.4 is 11.2 Å². The van der Waals surface area contributed by atoms with Gasteiger partial charge in [0.05, 0.1) is 11.3 Å². The van der Waals surface area contributed by atoms with Gasteiger partial charge >= 0.3 is 5.69 Å². The summed E-state index contributed by atoms with van der Waals surface area (Å²) >= 11 is 8.08. The Morgan fingerprint density at radius 2 is 2.00 bits per heavy atom. The van der Waals surface area contributed by atoms with E-state index in [0.29, 0.717) is 11.3 Å². The van der Waals surface area contributed by atoms with Crippen LogP contribution in [0.2, 0.25) is 5.15 Å². The van der Waals surface area contributed by atoms with Gasteiger partial charge in [-0.05, 0) is 46.7 Å². The first-order valence-electron chi connectivity index (χ1n) is 5.72. The van der Waals surface area contributed by atoms with Crippen LogP contribution in [0.1, 0.15) is 25.3 Å². The predicted molar refractivity (Wildman–Crippen MR) is 84.5 cm³/mol. The van der Waals surface area contributed by atoms with E-state index in [-0.39, 0.29) is 16.6 Å². The summed E-state index contributed by atoms with van der Waals surface area (Å²) in [5.41, 5.74) is 0.0593. The summed E-state index contributed by atoms with van der Waals surface area (Å²) < 4.78 is 2.06. The van der Waals surface area contributed by atoms with Gasteiger partial charge in [-0.1, -0.05) is 31.5 Å². The van der Waals surface area contributed by atoms with Crippen molar-refractivity contribution in [2.75, 3.05) is 0 Å². The highest BCUT2D eigenvalue weighted by molar-refractivity contribution is 14.1. The summed E-state index contributed by atoms with van der Waals surface area (Å²) in [4.78, 5) is 26.9. The summed E-state index contributed by atoms with van der Waals surface area (Å²) in [6.07, 6.45) is 0. The van der Waals surface area contributed by atoms with Crippen molar-refractivity contribution in [3.8, 4) is 5.69 Å². The van der Waals surface area contributed by atoms with Crippen LogP contribution in [0.15, 0.2) is 33.9 Å². The molecule has 0 spiro atoms. The Hall–Kier alpha value is -1.08. The average molecular weight is 391 g/mol. The molecule has 0 bridgehead atoms. The first kappa shape index (κ1) is 14.3. The molecule has 1 heterocycles. The van der Waals surface area contributed by atoms with Crippen LogP contribution >= 0.6 is 34.2 Å². The molecule has 0 aliphatic heterocycles. The molecule has 1 N–H and O–H groups in total. The number of rotatable bonds is 2. The smallest absolute Gasteiger partial charge is 0.297 e. The summed E-state index contributed by atoms with van der Waals surface area (Å²) in [6, 6.07) is 7.18. The number of nitrogens with zero attached hydrogens (tertiary/aromatic N) is 1. The lowest BCUT2D eigenvalue weighted by Crippen LogP contribution is -2.36. The van der Waals surface area contributed by atoms with Gasteiger partial charge in [0, 0.05) is 3.57 Å². The zero-order valence-corrected chi connectivity index (χ0v) is 13.3. The van der Waals surface area contributed by atoms with E-state index in [1.165, 1.54) is 0 Å². The number of benzene rings is 1. The molecule has 2 rings (SSSR count). The topological polar surface area (TPSA) is 54.9 Å². The van der Waals surface area contributed by atoms with Gasteiger partial charge in [0.2, 0.25) is 0 Å². The zero-order chi connectivity index (χ0) is 14.2. The molecule has 6 heteroatoms. The average Bonchev–Trinajstić information content (AvgIpc) is 2.27. The maximum absolute atomic E-state index is 12.4. The van der Waals surface area contributed by atoms with Crippen molar-refractivity contribution >= 4 is 34.2 Å². The molecule has 0 saturated heterocycles. The molecule has 0 atom stereocenters. The van der Waals surface area contributed by atoms with E-state index < -0.39 is 5.69 Å². The fraction of sp³-hybridized carbons (Fsp3) is 0.231. The van der Waals surface area contributed by atoms with Crippen LogP contribution in [0.4, 0.5) is 0 Å². The normalized spacial score (nSPS) is 11.0. The molecule has 100 valence electrons. The molecule has 0 aliphatic rings. The molecule has 0 unspecified atom stereocenters. The van der Waals surface area contributed by atoms with Crippen LogP contribution in [0.5, 0.6) is 0 Å². The minimum absolute atomic E-state index is 0.0640. The third-order valence-electron chi connectivity index (χ3n) is 2.73. The third kappa shape index (κ3) is 2.76. The van der Waals surface area contributed by atoms with Gasteiger partial charge in [-0.2, -0.15) is 0 Å². The van der Waals surface area contributed by atoms with E-state index in [2.05, 4.69) is 27.6 Å². The molecular formula is C13H12ClIN2O2. The van der Waals surface area contributed by atoms with E-state index in [4.69, 9.17) is 11.6 Å². The van der Waals surface area contributed by atoms with Crippen LogP contribution in [0.3, 0.4) is 0 Å². The van der Waals surface area contributed by atoms with Gasteiger partial charge in [0.1, 0.15) is 5.15 Å². The van der Waals surface area contributed by atoms with Gasteiger partial charge in [0.15, 0.2) is 0 Å². The largest absolute Gasteiger partial charge is 0.334 e. The molecule has 0 amide bonds. The Labute approximate surface area is 128 Å². The predicted octanol–water partition coefficient (Wildman–Crippen LogP) is 2.91. The maximum atomic E-state index is 12.4. The van der Waals surface area contributed by atoms with Gasteiger partial charge < -0.3 is 0 Å². The van der Waals surface area contributed by atoms with Crippen molar-refractivity contribution in [3.05, 3.63) is 59.4 Å². The number of aromatic amines is 1. The van der Waals surface area contributed by atoms with E-state index in [1.54, 1.807) is 18.2 Å². The van der Waals surface area contributed by atoms with Crippen molar-refractivity contribution in [1.29, 1.82) is 0 Å². The minimum Gasteiger partial charge on any atom is -0.297 e. The fourth-order valence-electron chi connectivity index (χ4n) is 1.87. The molecule has 0 fully saturated rings. The monoisotopic (exact) mass is 390 g/mol. The number of hydrogen-bond acceptors (Lipinski definition) is 2. The zero-order valence-electron chi connectivity index (χ0n) is 10.4. The van der Waals surface area contributed by atoms with Crippen molar-refractivity contribution < 1.29 is 0 Å². The lowest BCUT2D eigenvalue weighted by atomic mass is 10.1. The number of halogens is 2. The molecule has 0 radical (unpaired) electrons. The second kappa shape index (κ2) is 5.50. The molecule has 1 aromatic heterocycles. The van der Waals surface area contributed by atoms with Crippen molar-refractivity contribution in [2.45, 2.75) is 19.8 Å². The first-order chi connectivity index (χ1) is 8.91. The van der Waals surface area contributed by atoms with E-state index in [1.807, 2.05) is 19.9 Å². The second-order valence-corrected chi connectivity index (χ2v) is 6.06. The Kier molecular flexibility index (Phi) is 4.15. The summed E-state index contributed by atoms with van der Waals surface area (Å²) in [5.74, 6) is -0.0640. The Balaban J connectivity index is 2.82. The van der Waals surface area contributed by atoms with Gasteiger partial charge in [-0.25, -0.2) is 9.36 Å². The summed E-state index contributed by atoms with van der Waals surface area (Å²) in [7, 11) is 0. The van der Waals surface area contributed by atoms with Crippen LogP contribution in [0, 0.1) is 3.57 Å². The van der Waals surface area contributed by atoms with Gasteiger partial charge in [0.25, 0.3) is 5.56 Å². The van der Waals surface area contributed by atoms with Crippen molar-refractivity contribution in [3.63, 3.8) is 0 Å². The number of nitrogens with one attached hydrogen (secondary N) is 1. The fourth-order valence-corrected chi connectivity index (χ4v) is 2.78. The first-order valence-corrected chi connectivity index (χ1v) is 7.18. The molecule has 2 aromatic rings. The molecular weight excluding hydrogens is 379 g/mol. The number of aromatic nitrogens is 2. The van der Waals surface area contributed by atoms with Crippen molar-refractivity contribution in [2.24, 2.45) is 0 Å². The molecule has 4 nitrogen and oxygen atoms in total. The quantitative estimate of drug-likeness (QED) is 0.633. The molecule has 1 aromatic carbocycles. The molecule has 0 aliphatic carbocycles. The summed E-state index contributed by atoms with van der Waals surface area (Å²) in [6.45, 7) is 3.72. The molecule has 0 saturated carbocycles. The SMILES string of the molecule is CC(C)c1c(Cl)[nH]c(=O)n(-c2cccc(I)c2)c1=O. The number of H-pyrrole nitrogens is 1. The third-order valence-corrected chi connectivity index (χ3v) is 3.70. The van der Waals surface area contributed by atoms with E-state index >= 15 is 0 Å². The Morgan fingerprint density at radius 3 is 2.58 bits per heavy atom. The van der Waals surface area contributed by atoms with Crippen LogP contribution in [0.25, 0.3) is 5.69 Å². The van der Waals surface area contributed by atoms with Crippen LogP contribution in [-0.2, 0) is 0 Å². The highest BCUT2D eigenvalue weighted by Gasteiger charge is 2.16. The maximum Gasteiger partial charge on any atom is 0.334 e. The Bertz CT molecular complexity index is 734. The number of hydrogen-bond donors (Lipinski definition) is 1. The van der Waals surface area contributed by atoms with Gasteiger partial charge in [-0.15, -0.1) is 0 Å². The lowest BCUT2D eigenvalue weighted by molar-refractivity contribution is 0.777. The van der Waals surface area contributed by atoms with Gasteiger partial charge in [-0.3, -0.25) is 9.78 Å². The van der Waals surface area contributed by atoms with Crippen LogP contribution in [-0.4, -0.2) is 9.55 Å². The highest BCUT2D eigenvalue weighted by Crippen LogP contribution is 2.17. The van der Waals surface area contributed by atoms with E-state index in [0.717, 1.165) is 8.14 Å². The lowest BCUT2D eigenvalue weighted by Gasteiger charge is -2.11. The highest BCUT2D eigenvalue weighted by atomic mass is 127. The molecule has 19 heavy (non-hydrogen) atoms. The van der Waals surface area contributed by atoms with Crippen molar-refractivity contribution in [1.82, 2.24) is 9.55 Å². The second-order valence-electron chi connectivity index (χ2n) is 4.43. The summed E-state index contributed by atoms with van der Waals surface area (Å²) in [5, 5.41) is 0.117. The van der Waals surface area contributed by atoms with E-state index in [9.17, 15) is 9.59 Å². The Morgan fingerprint density at radius 1 is 1.32 bits per heavy atom.